The summed E-state index contributed by atoms with van der Waals surface area (Å²) < 4.78 is 0. The van der Waals surface area contributed by atoms with Crippen molar-refractivity contribution in [1.82, 2.24) is 0 Å². The molecular weight excluding hydrogens is 384 g/mol. The Kier molecular flexibility index (Phi) is 5.70. The summed E-state index contributed by atoms with van der Waals surface area (Å²) in [6.45, 7) is 12.6. The van der Waals surface area contributed by atoms with Crippen LogP contribution in [0.15, 0.2) is 143 Å². The van der Waals surface area contributed by atoms with E-state index in [2.05, 4.69) is 86.6 Å². The SMILES string of the molecule is C=CC=C1C(=C)C(=C)C2=C1C=CC(C1=C(C3=CC=CCC3)CCC=C1C1C=CC=CC1)C2. The van der Waals surface area contributed by atoms with Gasteiger partial charge in [0.15, 0.2) is 0 Å². The van der Waals surface area contributed by atoms with Crippen LogP contribution in [-0.2, 0) is 0 Å². The Labute approximate surface area is 193 Å². The standard InChI is InChI=1S/C32H32/c1-4-12-27-22(2)23(3)31-21-26(19-20-30(27)31)32-28(24-13-7-5-8-14-24)17-11-18-29(32)25-15-9-6-10-16-25/h4-9,12-13,15,17,19-20,24,26H,1-3,10-11,14,16,18,21H2. The molecule has 32 heavy (non-hydrogen) atoms. The van der Waals surface area contributed by atoms with Crippen LogP contribution in [-0.4, -0.2) is 0 Å². The number of allylic oxidation sites excluding steroid dienone is 21. The van der Waals surface area contributed by atoms with Crippen LogP contribution in [0.5, 0.6) is 0 Å². The van der Waals surface area contributed by atoms with Crippen molar-refractivity contribution in [3.05, 3.63) is 143 Å². The summed E-state index contributed by atoms with van der Waals surface area (Å²) in [4.78, 5) is 0. The van der Waals surface area contributed by atoms with Crippen LogP contribution >= 0.6 is 0 Å². The summed E-state index contributed by atoms with van der Waals surface area (Å²) in [6.07, 6.45) is 33.9. The maximum Gasteiger partial charge on any atom is 0.00678 e. The average Bonchev–Trinajstić information content (AvgIpc) is 3.09. The Morgan fingerprint density at radius 3 is 2.53 bits per heavy atom. The molecule has 5 aliphatic carbocycles. The van der Waals surface area contributed by atoms with E-state index in [1.54, 1.807) is 22.3 Å². The van der Waals surface area contributed by atoms with Crippen LogP contribution < -0.4 is 0 Å². The van der Waals surface area contributed by atoms with E-state index in [4.69, 9.17) is 0 Å². The molecule has 0 nitrogen and oxygen atoms in total. The van der Waals surface area contributed by atoms with E-state index in [1.165, 1.54) is 16.7 Å². The second-order valence-electron chi connectivity index (χ2n) is 9.24. The van der Waals surface area contributed by atoms with Gasteiger partial charge < -0.3 is 0 Å². The van der Waals surface area contributed by atoms with Crippen LogP contribution in [0.2, 0.25) is 0 Å². The normalized spacial score (nSPS) is 28.4. The highest BCUT2D eigenvalue weighted by atomic mass is 14.4. The molecule has 0 N–H and O–H groups in total. The lowest BCUT2D eigenvalue weighted by molar-refractivity contribution is 0.662. The van der Waals surface area contributed by atoms with Crippen molar-refractivity contribution in [1.29, 1.82) is 0 Å². The van der Waals surface area contributed by atoms with E-state index < -0.39 is 0 Å². The highest BCUT2D eigenvalue weighted by Gasteiger charge is 2.34. The molecule has 5 aliphatic rings. The zero-order chi connectivity index (χ0) is 22.1. The molecule has 160 valence electrons. The quantitative estimate of drug-likeness (QED) is 0.431. The summed E-state index contributed by atoms with van der Waals surface area (Å²) in [5.41, 5.74) is 12.2. The Morgan fingerprint density at radius 2 is 1.78 bits per heavy atom. The van der Waals surface area contributed by atoms with Gasteiger partial charge in [-0.3, -0.25) is 0 Å². The maximum absolute atomic E-state index is 4.41. The van der Waals surface area contributed by atoms with Crippen molar-refractivity contribution < 1.29 is 0 Å². The molecule has 0 heteroatoms. The molecule has 0 aromatic heterocycles. The van der Waals surface area contributed by atoms with Crippen LogP contribution in [0.4, 0.5) is 0 Å². The van der Waals surface area contributed by atoms with Crippen molar-refractivity contribution in [3.8, 4) is 0 Å². The highest BCUT2D eigenvalue weighted by molar-refractivity contribution is 5.75. The lowest BCUT2D eigenvalue weighted by Crippen LogP contribution is -2.19. The Morgan fingerprint density at radius 1 is 0.875 bits per heavy atom. The van der Waals surface area contributed by atoms with Crippen molar-refractivity contribution in [2.75, 3.05) is 0 Å². The Balaban J connectivity index is 1.58. The predicted octanol–water partition coefficient (Wildman–Crippen LogP) is 8.52. The molecule has 0 bridgehead atoms. The Bertz CT molecular complexity index is 1160. The largest absolute Gasteiger partial charge is 0.0990 e. The predicted molar refractivity (Wildman–Crippen MR) is 138 cm³/mol. The first kappa shape index (κ1) is 20.8. The maximum atomic E-state index is 4.41. The van der Waals surface area contributed by atoms with Crippen LogP contribution in [0.25, 0.3) is 0 Å². The van der Waals surface area contributed by atoms with Crippen LogP contribution in [0, 0.1) is 11.8 Å². The van der Waals surface area contributed by atoms with Gasteiger partial charge in [-0.05, 0) is 88.7 Å². The van der Waals surface area contributed by atoms with Crippen molar-refractivity contribution >= 4 is 0 Å². The molecule has 2 unspecified atom stereocenters. The van der Waals surface area contributed by atoms with Crippen molar-refractivity contribution in [3.63, 3.8) is 0 Å². The van der Waals surface area contributed by atoms with Gasteiger partial charge in [-0.25, -0.2) is 0 Å². The monoisotopic (exact) mass is 416 g/mol. The first-order valence-electron chi connectivity index (χ1n) is 11.9. The van der Waals surface area contributed by atoms with E-state index in [1.807, 2.05) is 6.08 Å². The first-order chi connectivity index (χ1) is 15.7. The number of hydrogen-bond donors (Lipinski definition) is 0. The minimum atomic E-state index is 0.383. The molecule has 0 saturated carbocycles. The van der Waals surface area contributed by atoms with Gasteiger partial charge in [0.05, 0.1) is 0 Å². The van der Waals surface area contributed by atoms with Gasteiger partial charge in [0.25, 0.3) is 0 Å². The van der Waals surface area contributed by atoms with Gasteiger partial charge in [0, 0.05) is 11.8 Å². The molecule has 0 aliphatic heterocycles. The third kappa shape index (κ3) is 3.58. The fourth-order valence-electron chi connectivity index (χ4n) is 5.84. The van der Waals surface area contributed by atoms with Crippen LogP contribution in [0.3, 0.4) is 0 Å². The van der Waals surface area contributed by atoms with E-state index in [0.29, 0.717) is 11.8 Å². The second kappa shape index (κ2) is 8.79. The van der Waals surface area contributed by atoms with E-state index in [9.17, 15) is 0 Å². The fraction of sp³-hybridized carbons (Fsp3) is 0.250. The van der Waals surface area contributed by atoms with E-state index >= 15 is 0 Å². The van der Waals surface area contributed by atoms with E-state index in [-0.39, 0.29) is 0 Å². The molecule has 0 aromatic rings. The van der Waals surface area contributed by atoms with Gasteiger partial charge in [0.1, 0.15) is 0 Å². The molecular formula is C32H32. The molecule has 0 radical (unpaired) electrons. The molecule has 0 fully saturated rings. The van der Waals surface area contributed by atoms with Gasteiger partial charge in [-0.15, -0.1) is 0 Å². The molecule has 2 atom stereocenters. The molecule has 0 aromatic carbocycles. The first-order valence-corrected chi connectivity index (χ1v) is 11.9. The van der Waals surface area contributed by atoms with Gasteiger partial charge >= 0.3 is 0 Å². The molecule has 0 heterocycles. The summed E-state index contributed by atoms with van der Waals surface area (Å²) >= 11 is 0. The van der Waals surface area contributed by atoms with Gasteiger partial charge in [-0.1, -0.05) is 92.6 Å². The van der Waals surface area contributed by atoms with E-state index in [0.717, 1.165) is 49.7 Å². The summed E-state index contributed by atoms with van der Waals surface area (Å²) in [7, 11) is 0. The molecule has 5 rings (SSSR count). The lowest BCUT2D eigenvalue weighted by Gasteiger charge is -2.34. The zero-order valence-electron chi connectivity index (χ0n) is 18.9. The third-order valence-electron chi connectivity index (χ3n) is 7.42. The fourth-order valence-corrected chi connectivity index (χ4v) is 5.84. The third-order valence-corrected chi connectivity index (χ3v) is 7.42. The van der Waals surface area contributed by atoms with Gasteiger partial charge in [0.2, 0.25) is 0 Å². The minimum Gasteiger partial charge on any atom is -0.0990 e. The smallest absolute Gasteiger partial charge is 0.00678 e. The number of rotatable bonds is 4. The van der Waals surface area contributed by atoms with Crippen LogP contribution in [0.1, 0.15) is 38.5 Å². The highest BCUT2D eigenvalue weighted by Crippen LogP contribution is 2.50. The van der Waals surface area contributed by atoms with Crippen molar-refractivity contribution in [2.24, 2.45) is 11.8 Å². The zero-order valence-corrected chi connectivity index (χ0v) is 18.9. The topological polar surface area (TPSA) is 0 Å². The molecule has 0 saturated heterocycles. The molecule has 0 amide bonds. The number of hydrogen-bond acceptors (Lipinski definition) is 0. The second-order valence-corrected chi connectivity index (χ2v) is 9.24. The van der Waals surface area contributed by atoms with Crippen molar-refractivity contribution in [2.45, 2.75) is 38.5 Å². The molecule has 0 spiro atoms. The summed E-state index contributed by atoms with van der Waals surface area (Å²) in [5, 5.41) is 0. The average molecular weight is 417 g/mol. The van der Waals surface area contributed by atoms with Gasteiger partial charge in [-0.2, -0.15) is 0 Å². The summed E-state index contributed by atoms with van der Waals surface area (Å²) in [5.74, 6) is 0.862. The lowest BCUT2D eigenvalue weighted by atomic mass is 9.71. The summed E-state index contributed by atoms with van der Waals surface area (Å²) in [6, 6.07) is 0. The minimum absolute atomic E-state index is 0.383. The Hall–Kier alpha value is -3.12.